The Morgan fingerprint density at radius 3 is 2.48 bits per heavy atom. The average Bonchev–Trinajstić information content (AvgIpc) is 2.92. The van der Waals surface area contributed by atoms with Crippen molar-refractivity contribution in [3.05, 3.63) is 58.5 Å². The van der Waals surface area contributed by atoms with Crippen LogP contribution >= 0.6 is 0 Å². The number of rotatable bonds is 3. The molecule has 0 aliphatic carbocycles. The van der Waals surface area contributed by atoms with Gasteiger partial charge in [0.05, 0.1) is 42.5 Å². The molecular weight excluding hydrogens is 407 g/mol. The predicted octanol–water partition coefficient (Wildman–Crippen LogP) is 5.08. The van der Waals surface area contributed by atoms with Crippen molar-refractivity contribution in [2.75, 3.05) is 13.7 Å². The lowest BCUT2D eigenvalue weighted by Crippen LogP contribution is -2.14. The van der Waals surface area contributed by atoms with Crippen LogP contribution in [0, 0.1) is 13.8 Å². The molecule has 1 aliphatic rings. The zero-order valence-corrected chi connectivity index (χ0v) is 17.9. The molecule has 0 fully saturated rings. The van der Waals surface area contributed by atoms with E-state index in [1.165, 1.54) is 19.2 Å². The molecular formula is C23H24F3N3O2. The molecule has 1 atom stereocenters. The number of nitrogens with zero attached hydrogens (tertiary/aromatic N) is 3. The molecule has 1 aliphatic heterocycles. The first-order chi connectivity index (χ1) is 14.7. The number of ether oxygens (including phenoxy) is 2. The Morgan fingerprint density at radius 1 is 1.13 bits per heavy atom. The molecule has 0 N–H and O–H groups in total. The second kappa shape index (κ2) is 8.00. The van der Waals surface area contributed by atoms with Crippen LogP contribution in [0.3, 0.4) is 0 Å². The molecule has 31 heavy (non-hydrogen) atoms. The van der Waals surface area contributed by atoms with Gasteiger partial charge in [-0.1, -0.05) is 0 Å². The van der Waals surface area contributed by atoms with Gasteiger partial charge in [-0.15, -0.1) is 0 Å². The molecule has 164 valence electrons. The topological polar surface area (TPSA) is 49.2 Å². The van der Waals surface area contributed by atoms with E-state index >= 15 is 0 Å². The molecule has 0 spiro atoms. The van der Waals surface area contributed by atoms with Gasteiger partial charge in [0.1, 0.15) is 5.75 Å². The van der Waals surface area contributed by atoms with E-state index in [0.29, 0.717) is 25.1 Å². The first kappa shape index (κ1) is 21.4. The molecule has 0 radical (unpaired) electrons. The molecule has 8 heteroatoms. The third kappa shape index (κ3) is 4.17. The highest BCUT2D eigenvalue weighted by molar-refractivity contribution is 5.66. The van der Waals surface area contributed by atoms with Gasteiger partial charge in [0, 0.05) is 35.0 Å². The summed E-state index contributed by atoms with van der Waals surface area (Å²) in [6.07, 6.45) is -3.24. The second-order valence-corrected chi connectivity index (χ2v) is 7.84. The highest BCUT2D eigenvalue weighted by Crippen LogP contribution is 2.38. The summed E-state index contributed by atoms with van der Waals surface area (Å²) in [5.74, 6) is -0.232. The van der Waals surface area contributed by atoms with Gasteiger partial charge in [0.15, 0.2) is 0 Å². The van der Waals surface area contributed by atoms with Crippen LogP contribution in [-0.4, -0.2) is 34.6 Å². The summed E-state index contributed by atoms with van der Waals surface area (Å²) in [6, 6.07) is 7.81. The summed E-state index contributed by atoms with van der Waals surface area (Å²) in [5, 5.41) is 4.85. The molecule has 3 aromatic rings. The number of fused-ring (bicyclic) bond motifs is 1. The quantitative estimate of drug-likeness (QED) is 0.580. The van der Waals surface area contributed by atoms with E-state index in [2.05, 4.69) is 4.98 Å². The lowest BCUT2D eigenvalue weighted by atomic mass is 10.0. The van der Waals surface area contributed by atoms with Crippen molar-refractivity contribution in [2.24, 2.45) is 0 Å². The van der Waals surface area contributed by atoms with E-state index in [1.807, 2.05) is 32.9 Å². The van der Waals surface area contributed by atoms with Crippen molar-refractivity contribution in [3.63, 3.8) is 0 Å². The number of methoxy groups -OCH3 is 1. The van der Waals surface area contributed by atoms with Crippen molar-refractivity contribution in [2.45, 2.75) is 45.9 Å². The molecule has 3 heterocycles. The summed E-state index contributed by atoms with van der Waals surface area (Å²) >= 11 is 0. The maximum Gasteiger partial charge on any atom is 0.419 e. The number of halogens is 3. The zero-order chi connectivity index (χ0) is 22.3. The van der Waals surface area contributed by atoms with Crippen LogP contribution in [0.2, 0.25) is 0 Å². The highest BCUT2D eigenvalue weighted by atomic mass is 19.4. The molecule has 1 aromatic carbocycles. The van der Waals surface area contributed by atoms with Crippen LogP contribution in [0.5, 0.6) is 5.75 Å². The van der Waals surface area contributed by atoms with Crippen LogP contribution < -0.4 is 4.74 Å². The summed E-state index contributed by atoms with van der Waals surface area (Å²) < 4.78 is 52.6. The van der Waals surface area contributed by atoms with Crippen molar-refractivity contribution >= 4 is 0 Å². The smallest absolute Gasteiger partial charge is 0.419 e. The van der Waals surface area contributed by atoms with E-state index in [0.717, 1.165) is 40.0 Å². The minimum atomic E-state index is -4.50. The third-order valence-corrected chi connectivity index (χ3v) is 5.42. The number of pyridine rings is 1. The van der Waals surface area contributed by atoms with Gasteiger partial charge in [0.2, 0.25) is 0 Å². The standard InChI is InChI=1S/C23H24F3N3O2/c1-13-9-16(10-14(2)27-13)22-18-7-8-31-15(3)11-20(18)29(28-22)17-5-6-19(23(24,25)26)21(12-17)30-4/h5-6,9-10,12,15H,7-8,11H2,1-4H3. The Morgan fingerprint density at radius 2 is 1.84 bits per heavy atom. The normalized spacial score (nSPS) is 16.7. The maximum atomic E-state index is 13.3. The third-order valence-electron chi connectivity index (χ3n) is 5.42. The van der Waals surface area contributed by atoms with Crippen LogP contribution in [-0.2, 0) is 23.8 Å². The number of benzene rings is 1. The molecule has 2 aromatic heterocycles. The maximum absolute atomic E-state index is 13.3. The fourth-order valence-electron chi connectivity index (χ4n) is 4.11. The minimum Gasteiger partial charge on any atom is -0.496 e. The van der Waals surface area contributed by atoms with Gasteiger partial charge >= 0.3 is 6.18 Å². The molecule has 1 unspecified atom stereocenters. The summed E-state index contributed by atoms with van der Waals surface area (Å²) in [7, 11) is 1.24. The Balaban J connectivity index is 1.92. The summed E-state index contributed by atoms with van der Waals surface area (Å²) in [4.78, 5) is 4.44. The van der Waals surface area contributed by atoms with Gasteiger partial charge < -0.3 is 9.47 Å². The van der Waals surface area contributed by atoms with Gasteiger partial charge in [-0.3, -0.25) is 4.98 Å². The van der Waals surface area contributed by atoms with Crippen LogP contribution in [0.25, 0.3) is 16.9 Å². The van der Waals surface area contributed by atoms with E-state index < -0.39 is 11.7 Å². The van der Waals surface area contributed by atoms with Gasteiger partial charge in [-0.2, -0.15) is 18.3 Å². The largest absolute Gasteiger partial charge is 0.496 e. The summed E-state index contributed by atoms with van der Waals surface area (Å²) in [5.41, 5.74) is 5.20. The first-order valence-electron chi connectivity index (χ1n) is 10.1. The number of hydrogen-bond donors (Lipinski definition) is 0. The molecule has 0 amide bonds. The van der Waals surface area contributed by atoms with Crippen molar-refractivity contribution in [3.8, 4) is 22.7 Å². The average molecular weight is 431 g/mol. The van der Waals surface area contributed by atoms with Crippen molar-refractivity contribution in [1.29, 1.82) is 0 Å². The molecule has 0 saturated carbocycles. The van der Waals surface area contributed by atoms with Gasteiger partial charge in [0.25, 0.3) is 0 Å². The van der Waals surface area contributed by atoms with Crippen LogP contribution in [0.1, 0.15) is 35.1 Å². The number of hydrogen-bond acceptors (Lipinski definition) is 4. The van der Waals surface area contributed by atoms with Crippen molar-refractivity contribution in [1.82, 2.24) is 14.8 Å². The van der Waals surface area contributed by atoms with E-state index in [1.54, 1.807) is 4.68 Å². The fraction of sp³-hybridized carbons (Fsp3) is 0.391. The second-order valence-electron chi connectivity index (χ2n) is 7.84. The van der Waals surface area contributed by atoms with Crippen molar-refractivity contribution < 1.29 is 22.6 Å². The monoisotopic (exact) mass is 431 g/mol. The van der Waals surface area contributed by atoms with E-state index in [-0.39, 0.29) is 11.9 Å². The Hall–Kier alpha value is -2.87. The number of aryl methyl sites for hydroxylation is 2. The van der Waals surface area contributed by atoms with Gasteiger partial charge in [-0.05, 0) is 51.5 Å². The summed E-state index contributed by atoms with van der Waals surface area (Å²) in [6.45, 7) is 6.41. The molecule has 0 saturated heterocycles. The molecule has 0 bridgehead atoms. The Labute approximate surface area is 178 Å². The fourth-order valence-corrected chi connectivity index (χ4v) is 4.11. The first-order valence-corrected chi connectivity index (χ1v) is 10.1. The Bertz CT molecular complexity index is 1100. The zero-order valence-electron chi connectivity index (χ0n) is 17.9. The number of alkyl halides is 3. The highest BCUT2D eigenvalue weighted by Gasteiger charge is 2.35. The van der Waals surface area contributed by atoms with E-state index in [4.69, 9.17) is 14.6 Å². The lowest BCUT2D eigenvalue weighted by molar-refractivity contribution is -0.138. The van der Waals surface area contributed by atoms with Crippen LogP contribution in [0.4, 0.5) is 13.2 Å². The van der Waals surface area contributed by atoms with Crippen LogP contribution in [0.15, 0.2) is 30.3 Å². The Kier molecular flexibility index (Phi) is 5.51. The van der Waals surface area contributed by atoms with E-state index in [9.17, 15) is 13.2 Å². The lowest BCUT2D eigenvalue weighted by Gasteiger charge is -2.15. The number of aromatic nitrogens is 3. The molecule has 5 nitrogen and oxygen atoms in total. The molecule has 4 rings (SSSR count). The SMILES string of the molecule is COc1cc(-n2nc(-c3cc(C)nc(C)c3)c3c2CC(C)OCC3)ccc1C(F)(F)F. The minimum absolute atomic E-state index is 0.0261. The van der Waals surface area contributed by atoms with Gasteiger partial charge in [-0.25, -0.2) is 4.68 Å². The predicted molar refractivity (Wildman–Crippen MR) is 111 cm³/mol.